The molecule has 102 valence electrons. The third kappa shape index (κ3) is 2.32. The van der Waals surface area contributed by atoms with E-state index in [4.69, 9.17) is 11.0 Å². The van der Waals surface area contributed by atoms with Crippen LogP contribution in [-0.4, -0.2) is 20.0 Å². The summed E-state index contributed by atoms with van der Waals surface area (Å²) in [5, 5.41) is 21.2. The van der Waals surface area contributed by atoms with Crippen LogP contribution in [0.5, 0.6) is 0 Å². The molecule has 0 spiro atoms. The van der Waals surface area contributed by atoms with E-state index in [1.54, 1.807) is 6.07 Å². The van der Waals surface area contributed by atoms with Gasteiger partial charge in [-0.05, 0) is 19.1 Å². The van der Waals surface area contributed by atoms with Crippen molar-refractivity contribution in [1.82, 2.24) is 20.0 Å². The SMILES string of the molecule is Cc1ccc(-c2ccc(-n3ncc(C#N)c3N)nn2)cc1. The first-order valence-electron chi connectivity index (χ1n) is 6.34. The first-order valence-corrected chi connectivity index (χ1v) is 6.34. The molecule has 0 unspecified atom stereocenters. The number of hydrogen-bond acceptors (Lipinski definition) is 5. The van der Waals surface area contributed by atoms with Crippen LogP contribution < -0.4 is 5.73 Å². The lowest BCUT2D eigenvalue weighted by Gasteiger charge is -2.04. The molecule has 0 aliphatic carbocycles. The average Bonchev–Trinajstić information content (AvgIpc) is 2.89. The summed E-state index contributed by atoms with van der Waals surface area (Å²) in [6.45, 7) is 2.03. The van der Waals surface area contributed by atoms with Crippen molar-refractivity contribution in [2.45, 2.75) is 6.92 Å². The van der Waals surface area contributed by atoms with Gasteiger partial charge in [0.2, 0.25) is 0 Å². The van der Waals surface area contributed by atoms with E-state index >= 15 is 0 Å². The Morgan fingerprint density at radius 2 is 1.86 bits per heavy atom. The highest BCUT2D eigenvalue weighted by Crippen LogP contribution is 2.19. The van der Waals surface area contributed by atoms with Crippen molar-refractivity contribution < 1.29 is 0 Å². The van der Waals surface area contributed by atoms with Gasteiger partial charge >= 0.3 is 0 Å². The Labute approximate surface area is 121 Å². The zero-order valence-electron chi connectivity index (χ0n) is 11.4. The van der Waals surface area contributed by atoms with Gasteiger partial charge in [-0.3, -0.25) is 0 Å². The van der Waals surface area contributed by atoms with Gasteiger partial charge in [0.15, 0.2) is 5.82 Å². The fraction of sp³-hybridized carbons (Fsp3) is 0.0667. The van der Waals surface area contributed by atoms with Crippen molar-refractivity contribution in [2.75, 3.05) is 5.73 Å². The average molecular weight is 276 g/mol. The molecule has 2 N–H and O–H groups in total. The minimum Gasteiger partial charge on any atom is -0.382 e. The quantitative estimate of drug-likeness (QED) is 0.773. The van der Waals surface area contributed by atoms with Gasteiger partial charge < -0.3 is 5.73 Å². The molecule has 0 radical (unpaired) electrons. The Kier molecular flexibility index (Phi) is 3.09. The molecule has 6 nitrogen and oxygen atoms in total. The van der Waals surface area contributed by atoms with Crippen LogP contribution in [0.2, 0.25) is 0 Å². The second-order valence-corrected chi connectivity index (χ2v) is 4.61. The second-order valence-electron chi connectivity index (χ2n) is 4.61. The number of benzene rings is 1. The normalized spacial score (nSPS) is 10.3. The molecule has 2 heterocycles. The molecule has 0 saturated carbocycles. The summed E-state index contributed by atoms with van der Waals surface area (Å²) >= 11 is 0. The molecule has 3 rings (SSSR count). The number of nitrogens with two attached hydrogens (primary N) is 1. The van der Waals surface area contributed by atoms with E-state index < -0.39 is 0 Å². The molecule has 3 aromatic rings. The Morgan fingerprint density at radius 1 is 1.10 bits per heavy atom. The topological polar surface area (TPSA) is 93.4 Å². The van der Waals surface area contributed by atoms with Crippen LogP contribution in [0.4, 0.5) is 5.82 Å². The molecule has 0 aliphatic rings. The van der Waals surface area contributed by atoms with Gasteiger partial charge in [0, 0.05) is 5.56 Å². The standard InChI is InChI=1S/C15H12N6/c1-10-2-4-11(5-3-10)13-6-7-14(20-19-13)21-15(17)12(8-16)9-18-21/h2-7,9H,17H2,1H3. The van der Waals surface area contributed by atoms with Gasteiger partial charge in [-0.2, -0.15) is 15.0 Å². The van der Waals surface area contributed by atoms with E-state index in [-0.39, 0.29) is 5.82 Å². The summed E-state index contributed by atoms with van der Waals surface area (Å²) < 4.78 is 1.39. The van der Waals surface area contributed by atoms with E-state index in [2.05, 4.69) is 15.3 Å². The first kappa shape index (κ1) is 12.8. The van der Waals surface area contributed by atoms with Crippen molar-refractivity contribution in [3.05, 3.63) is 53.7 Å². The lowest BCUT2D eigenvalue weighted by atomic mass is 10.1. The lowest BCUT2D eigenvalue weighted by Crippen LogP contribution is -2.05. The summed E-state index contributed by atoms with van der Waals surface area (Å²) in [6, 6.07) is 13.6. The maximum atomic E-state index is 8.87. The Morgan fingerprint density at radius 3 is 2.43 bits per heavy atom. The van der Waals surface area contributed by atoms with Crippen molar-refractivity contribution in [3.63, 3.8) is 0 Å². The third-order valence-electron chi connectivity index (χ3n) is 3.14. The van der Waals surface area contributed by atoms with E-state index in [9.17, 15) is 0 Å². The fourth-order valence-electron chi connectivity index (χ4n) is 1.94. The van der Waals surface area contributed by atoms with Crippen LogP contribution in [0.25, 0.3) is 17.1 Å². The van der Waals surface area contributed by atoms with Crippen LogP contribution in [0.1, 0.15) is 11.1 Å². The monoisotopic (exact) mass is 276 g/mol. The van der Waals surface area contributed by atoms with Crippen molar-refractivity contribution >= 4 is 5.82 Å². The molecule has 0 fully saturated rings. The van der Waals surface area contributed by atoms with Gasteiger partial charge in [-0.1, -0.05) is 29.8 Å². The number of hydrogen-bond donors (Lipinski definition) is 1. The maximum Gasteiger partial charge on any atom is 0.178 e. The van der Waals surface area contributed by atoms with Gasteiger partial charge in [0.1, 0.15) is 17.5 Å². The van der Waals surface area contributed by atoms with Crippen LogP contribution in [0.3, 0.4) is 0 Å². The number of anilines is 1. The Hall–Kier alpha value is -3.20. The Balaban J connectivity index is 1.95. The third-order valence-corrected chi connectivity index (χ3v) is 3.14. The number of nitriles is 1. The van der Waals surface area contributed by atoms with E-state index in [1.807, 2.05) is 43.3 Å². The van der Waals surface area contributed by atoms with Crippen LogP contribution in [0, 0.1) is 18.3 Å². The summed E-state index contributed by atoms with van der Waals surface area (Å²) in [6.07, 6.45) is 1.41. The molecule has 21 heavy (non-hydrogen) atoms. The number of rotatable bonds is 2. The fourth-order valence-corrected chi connectivity index (χ4v) is 1.94. The zero-order chi connectivity index (χ0) is 14.8. The highest BCUT2D eigenvalue weighted by atomic mass is 15.4. The lowest BCUT2D eigenvalue weighted by molar-refractivity contribution is 0.824. The molecule has 0 atom stereocenters. The van der Waals surface area contributed by atoms with Gasteiger partial charge in [0.05, 0.1) is 11.9 Å². The van der Waals surface area contributed by atoms with Gasteiger partial charge in [0.25, 0.3) is 0 Å². The molecule has 1 aromatic carbocycles. The summed E-state index contributed by atoms with van der Waals surface area (Å²) in [5.74, 6) is 0.736. The van der Waals surface area contributed by atoms with Crippen LogP contribution >= 0.6 is 0 Å². The van der Waals surface area contributed by atoms with Crippen LogP contribution in [0.15, 0.2) is 42.6 Å². The van der Waals surface area contributed by atoms with E-state index in [0.717, 1.165) is 11.3 Å². The molecule has 0 amide bonds. The van der Waals surface area contributed by atoms with Crippen molar-refractivity contribution in [1.29, 1.82) is 5.26 Å². The smallest absolute Gasteiger partial charge is 0.178 e. The molecule has 6 heteroatoms. The first-order chi connectivity index (χ1) is 10.2. The Bertz CT molecular complexity index is 809. The minimum absolute atomic E-state index is 0.259. The summed E-state index contributed by atoms with van der Waals surface area (Å²) in [5.41, 5.74) is 9.09. The maximum absolute atomic E-state index is 8.87. The number of nitrogens with zero attached hydrogens (tertiary/aromatic N) is 5. The van der Waals surface area contributed by atoms with Gasteiger partial charge in [-0.25, -0.2) is 0 Å². The largest absolute Gasteiger partial charge is 0.382 e. The van der Waals surface area contributed by atoms with Crippen molar-refractivity contribution in [3.8, 4) is 23.1 Å². The molecular weight excluding hydrogens is 264 g/mol. The minimum atomic E-state index is 0.259. The second kappa shape index (κ2) is 5.06. The molecule has 2 aromatic heterocycles. The molecule has 0 bridgehead atoms. The molecule has 0 aliphatic heterocycles. The molecule has 0 saturated heterocycles. The highest BCUT2D eigenvalue weighted by molar-refractivity contribution is 5.59. The molecular formula is C15H12N6. The number of aryl methyl sites for hydroxylation is 1. The number of aromatic nitrogens is 4. The van der Waals surface area contributed by atoms with Crippen LogP contribution in [-0.2, 0) is 0 Å². The van der Waals surface area contributed by atoms with E-state index in [0.29, 0.717) is 11.4 Å². The van der Waals surface area contributed by atoms with E-state index in [1.165, 1.54) is 16.4 Å². The predicted molar refractivity (Wildman–Crippen MR) is 78.5 cm³/mol. The summed E-state index contributed by atoms with van der Waals surface area (Å²) in [7, 11) is 0. The summed E-state index contributed by atoms with van der Waals surface area (Å²) in [4.78, 5) is 0. The number of nitrogen functional groups attached to an aromatic ring is 1. The predicted octanol–water partition coefficient (Wildman–Crippen LogP) is 2.09. The van der Waals surface area contributed by atoms with Crippen molar-refractivity contribution in [2.24, 2.45) is 0 Å². The van der Waals surface area contributed by atoms with Gasteiger partial charge in [-0.15, -0.1) is 10.2 Å². The highest BCUT2D eigenvalue weighted by Gasteiger charge is 2.10. The zero-order valence-corrected chi connectivity index (χ0v) is 11.4.